The summed E-state index contributed by atoms with van der Waals surface area (Å²) in [5, 5.41) is 15.3. The Morgan fingerprint density at radius 2 is 2.50 bits per heavy atom. The number of anilines is 1. The van der Waals surface area contributed by atoms with Crippen molar-refractivity contribution in [2.24, 2.45) is 0 Å². The second-order valence-corrected chi connectivity index (χ2v) is 3.72. The molecule has 1 saturated heterocycles. The Labute approximate surface area is 94.4 Å². The van der Waals surface area contributed by atoms with Crippen LogP contribution in [-0.2, 0) is 4.74 Å². The van der Waals surface area contributed by atoms with Crippen molar-refractivity contribution in [1.82, 2.24) is 10.3 Å². The lowest BCUT2D eigenvalue weighted by Gasteiger charge is -2.18. The molecule has 1 unspecified atom stereocenters. The van der Waals surface area contributed by atoms with Gasteiger partial charge >= 0.3 is 0 Å². The lowest BCUT2D eigenvalue weighted by molar-refractivity contribution is 0.111. The Kier molecular flexibility index (Phi) is 3.34. The summed E-state index contributed by atoms with van der Waals surface area (Å²) in [5.74, 6) is 0.717. The lowest BCUT2D eigenvalue weighted by atomic mass is 10.2. The van der Waals surface area contributed by atoms with Gasteiger partial charge in [0.25, 0.3) is 0 Å². The summed E-state index contributed by atoms with van der Waals surface area (Å²) in [6.07, 6.45) is 1.78. The fourth-order valence-electron chi connectivity index (χ4n) is 1.82. The molecule has 1 aromatic rings. The van der Waals surface area contributed by atoms with Crippen molar-refractivity contribution in [1.29, 1.82) is 5.26 Å². The number of pyridine rings is 1. The Balaban J connectivity index is 2.06. The first-order valence-corrected chi connectivity index (χ1v) is 5.19. The van der Waals surface area contributed by atoms with E-state index in [0.717, 1.165) is 18.9 Å². The van der Waals surface area contributed by atoms with Gasteiger partial charge in [0.2, 0.25) is 0 Å². The molecule has 1 aliphatic rings. The normalized spacial score (nSPS) is 24.0. The van der Waals surface area contributed by atoms with Gasteiger partial charge in [-0.1, -0.05) is 0 Å². The molecule has 0 spiro atoms. The summed E-state index contributed by atoms with van der Waals surface area (Å²) >= 11 is 0. The van der Waals surface area contributed by atoms with Crippen LogP contribution in [0.15, 0.2) is 18.3 Å². The second kappa shape index (κ2) is 4.92. The molecule has 2 N–H and O–H groups in total. The number of ether oxygens (including phenoxy) is 1. The third kappa shape index (κ3) is 2.30. The van der Waals surface area contributed by atoms with Gasteiger partial charge in [-0.15, -0.1) is 0 Å². The Hall–Kier alpha value is -1.64. The largest absolute Gasteiger partial charge is 0.378 e. The van der Waals surface area contributed by atoms with Gasteiger partial charge in [-0.3, -0.25) is 0 Å². The van der Waals surface area contributed by atoms with Gasteiger partial charge < -0.3 is 15.4 Å². The Morgan fingerprint density at radius 1 is 1.62 bits per heavy atom. The molecule has 2 heterocycles. The van der Waals surface area contributed by atoms with Gasteiger partial charge in [-0.05, 0) is 12.1 Å². The van der Waals surface area contributed by atoms with E-state index >= 15 is 0 Å². The molecule has 0 aliphatic carbocycles. The zero-order valence-electron chi connectivity index (χ0n) is 9.10. The molecule has 0 amide bonds. The zero-order chi connectivity index (χ0) is 11.4. The minimum absolute atomic E-state index is 0.146. The minimum atomic E-state index is 0.146. The van der Waals surface area contributed by atoms with Crippen LogP contribution in [0.3, 0.4) is 0 Å². The van der Waals surface area contributed by atoms with E-state index in [1.54, 1.807) is 25.4 Å². The topological polar surface area (TPSA) is 70.0 Å². The number of aromatic nitrogens is 1. The van der Waals surface area contributed by atoms with Gasteiger partial charge in [-0.2, -0.15) is 5.26 Å². The van der Waals surface area contributed by atoms with E-state index in [-0.39, 0.29) is 12.1 Å². The number of hydrogen-bond acceptors (Lipinski definition) is 5. The predicted molar refractivity (Wildman–Crippen MR) is 60.0 cm³/mol. The maximum Gasteiger partial charge on any atom is 0.127 e. The highest BCUT2D eigenvalue weighted by Crippen LogP contribution is 2.12. The smallest absolute Gasteiger partial charge is 0.127 e. The predicted octanol–water partition coefficient (Wildman–Crippen LogP) is 0.352. The van der Waals surface area contributed by atoms with Gasteiger partial charge in [0, 0.05) is 26.4 Å². The summed E-state index contributed by atoms with van der Waals surface area (Å²) < 4.78 is 5.33. The van der Waals surface area contributed by atoms with Gasteiger partial charge in [0.05, 0.1) is 23.8 Å². The average molecular weight is 218 g/mol. The fourth-order valence-corrected chi connectivity index (χ4v) is 1.82. The summed E-state index contributed by atoms with van der Waals surface area (Å²) in [4.78, 5) is 4.17. The molecule has 2 atom stereocenters. The molecule has 5 heteroatoms. The van der Waals surface area contributed by atoms with Crippen molar-refractivity contribution in [3.63, 3.8) is 0 Å². The molecule has 2 rings (SSSR count). The molecule has 5 nitrogen and oxygen atoms in total. The first kappa shape index (κ1) is 10.9. The average Bonchev–Trinajstić information content (AvgIpc) is 2.76. The number of nitrogens with zero attached hydrogens (tertiary/aromatic N) is 2. The number of nitrogens with one attached hydrogen (secondary N) is 2. The minimum Gasteiger partial charge on any atom is -0.378 e. The van der Waals surface area contributed by atoms with Crippen LogP contribution in [-0.4, -0.2) is 37.3 Å². The van der Waals surface area contributed by atoms with Gasteiger partial charge in [0.15, 0.2) is 0 Å². The van der Waals surface area contributed by atoms with Crippen LogP contribution in [0.1, 0.15) is 5.56 Å². The molecule has 84 valence electrons. The molecule has 1 fully saturated rings. The molecule has 16 heavy (non-hydrogen) atoms. The maximum atomic E-state index is 8.78. The van der Waals surface area contributed by atoms with E-state index in [1.807, 2.05) is 0 Å². The van der Waals surface area contributed by atoms with Crippen LogP contribution in [0, 0.1) is 11.3 Å². The number of methoxy groups -OCH3 is 1. The van der Waals surface area contributed by atoms with Gasteiger partial charge in [0.1, 0.15) is 5.82 Å². The van der Waals surface area contributed by atoms with Crippen LogP contribution in [0.4, 0.5) is 5.82 Å². The van der Waals surface area contributed by atoms with E-state index < -0.39 is 0 Å². The zero-order valence-corrected chi connectivity index (χ0v) is 9.10. The monoisotopic (exact) mass is 218 g/mol. The van der Waals surface area contributed by atoms with Crippen LogP contribution in [0.2, 0.25) is 0 Å². The number of rotatable bonds is 3. The number of hydrogen-bond donors (Lipinski definition) is 2. The Bertz CT molecular complexity index is 401. The van der Waals surface area contributed by atoms with Crippen molar-refractivity contribution in [2.45, 2.75) is 12.1 Å². The van der Waals surface area contributed by atoms with Crippen molar-refractivity contribution < 1.29 is 4.74 Å². The van der Waals surface area contributed by atoms with Crippen molar-refractivity contribution >= 4 is 5.82 Å². The van der Waals surface area contributed by atoms with Crippen molar-refractivity contribution in [3.8, 4) is 6.07 Å². The number of nitriles is 1. The van der Waals surface area contributed by atoms with Crippen LogP contribution in [0.5, 0.6) is 0 Å². The van der Waals surface area contributed by atoms with E-state index in [1.165, 1.54) is 0 Å². The fraction of sp³-hybridized carbons (Fsp3) is 0.455. The highest BCUT2D eigenvalue weighted by Gasteiger charge is 2.26. The molecular weight excluding hydrogens is 204 g/mol. The second-order valence-electron chi connectivity index (χ2n) is 3.72. The summed E-state index contributed by atoms with van der Waals surface area (Å²) in [7, 11) is 1.70. The molecule has 0 bridgehead atoms. The molecule has 0 saturated carbocycles. The standard InChI is InChI=1S/C11H14N4O/c1-16-10-7-13-6-9(10)15-11-4-8(5-12)2-3-14-11/h2-4,9-10,13H,6-7H2,1H3,(H,14,15)/t9?,10-/m0/s1. The molecular formula is C11H14N4O. The molecule has 0 radical (unpaired) electrons. The Morgan fingerprint density at radius 3 is 3.25 bits per heavy atom. The third-order valence-electron chi connectivity index (χ3n) is 2.68. The van der Waals surface area contributed by atoms with Crippen LogP contribution < -0.4 is 10.6 Å². The third-order valence-corrected chi connectivity index (χ3v) is 2.68. The van der Waals surface area contributed by atoms with E-state index in [2.05, 4.69) is 21.7 Å². The molecule has 0 aromatic carbocycles. The highest BCUT2D eigenvalue weighted by molar-refractivity contribution is 5.43. The van der Waals surface area contributed by atoms with E-state index in [9.17, 15) is 0 Å². The van der Waals surface area contributed by atoms with Crippen LogP contribution >= 0.6 is 0 Å². The van der Waals surface area contributed by atoms with Crippen molar-refractivity contribution in [2.75, 3.05) is 25.5 Å². The summed E-state index contributed by atoms with van der Waals surface area (Å²) in [5.41, 5.74) is 0.609. The van der Waals surface area contributed by atoms with Gasteiger partial charge in [-0.25, -0.2) is 4.98 Å². The maximum absolute atomic E-state index is 8.78. The van der Waals surface area contributed by atoms with E-state index in [0.29, 0.717) is 5.56 Å². The molecule has 1 aliphatic heterocycles. The SMILES string of the molecule is CO[C@H]1CNCC1Nc1cc(C#N)ccn1. The van der Waals surface area contributed by atoms with Crippen LogP contribution in [0.25, 0.3) is 0 Å². The first-order valence-electron chi connectivity index (χ1n) is 5.19. The first-order chi connectivity index (χ1) is 7.83. The quantitative estimate of drug-likeness (QED) is 0.766. The lowest BCUT2D eigenvalue weighted by Crippen LogP contribution is -2.33. The summed E-state index contributed by atoms with van der Waals surface area (Å²) in [6.45, 7) is 1.68. The highest BCUT2D eigenvalue weighted by atomic mass is 16.5. The summed E-state index contributed by atoms with van der Waals surface area (Å²) in [6, 6.07) is 5.72. The van der Waals surface area contributed by atoms with E-state index in [4.69, 9.17) is 10.00 Å². The molecule has 1 aromatic heterocycles. The van der Waals surface area contributed by atoms with Crippen molar-refractivity contribution in [3.05, 3.63) is 23.9 Å².